The number of hydrogen-bond acceptors (Lipinski definition) is 2. The van der Waals surface area contributed by atoms with Crippen molar-refractivity contribution in [2.24, 2.45) is 4.99 Å². The van der Waals surface area contributed by atoms with E-state index in [1.165, 1.54) is 13.0 Å². The molecule has 1 aliphatic carbocycles. The molecule has 0 saturated heterocycles. The van der Waals surface area contributed by atoms with Gasteiger partial charge in [0.25, 0.3) is 0 Å². The Kier molecular flexibility index (Phi) is 1.86. The van der Waals surface area contributed by atoms with Crippen LogP contribution in [0.5, 0.6) is 0 Å². The van der Waals surface area contributed by atoms with Crippen LogP contribution >= 0.6 is 0 Å². The Morgan fingerprint density at radius 1 is 1.70 bits per heavy atom. The molecule has 1 fully saturated rings. The highest BCUT2D eigenvalue weighted by molar-refractivity contribution is 5.36. The van der Waals surface area contributed by atoms with Crippen molar-refractivity contribution < 1.29 is 9.18 Å². The fraction of sp³-hybridized carbons (Fsp3) is 0.857. The Bertz CT molecular complexity index is 168. The highest BCUT2D eigenvalue weighted by Crippen LogP contribution is 2.39. The molecule has 0 aromatic rings. The number of aliphatic imine (C=N–C) groups is 1. The van der Waals surface area contributed by atoms with Gasteiger partial charge in [0.05, 0.1) is 0 Å². The third kappa shape index (κ3) is 0.971. The third-order valence-electron chi connectivity index (χ3n) is 2.23. The lowest BCUT2D eigenvalue weighted by molar-refractivity contribution is 0.124. The normalized spacial score (nSPS) is 24.2. The molecule has 0 N–H and O–H groups in total. The van der Waals surface area contributed by atoms with Crippen LogP contribution in [0.15, 0.2) is 4.99 Å². The molecule has 10 heavy (non-hydrogen) atoms. The maximum atomic E-state index is 12.7. The van der Waals surface area contributed by atoms with E-state index in [-0.39, 0.29) is 0 Å². The van der Waals surface area contributed by atoms with Crippen LogP contribution in [0.4, 0.5) is 4.39 Å². The van der Waals surface area contributed by atoms with Crippen LogP contribution in [-0.4, -0.2) is 17.8 Å². The summed E-state index contributed by atoms with van der Waals surface area (Å²) >= 11 is 0. The molecule has 1 rings (SSSR count). The molecule has 1 unspecified atom stereocenters. The summed E-state index contributed by atoms with van der Waals surface area (Å²) in [7, 11) is 0. The SMILES string of the molecule is CC(F)C1(N=C=O)CCC1. The molecule has 1 saturated carbocycles. The van der Waals surface area contributed by atoms with Crippen molar-refractivity contribution in [2.75, 3.05) is 0 Å². The summed E-state index contributed by atoms with van der Waals surface area (Å²) in [5.41, 5.74) is -0.693. The van der Waals surface area contributed by atoms with Gasteiger partial charge in [-0.1, -0.05) is 0 Å². The minimum atomic E-state index is -1.01. The van der Waals surface area contributed by atoms with Crippen molar-refractivity contribution in [1.29, 1.82) is 0 Å². The lowest BCUT2D eigenvalue weighted by Crippen LogP contribution is -2.42. The molecule has 0 aromatic heterocycles. The van der Waals surface area contributed by atoms with Crippen molar-refractivity contribution >= 4 is 6.08 Å². The maximum Gasteiger partial charge on any atom is 0.235 e. The monoisotopic (exact) mass is 143 g/mol. The Balaban J connectivity index is 2.68. The van der Waals surface area contributed by atoms with E-state index >= 15 is 0 Å². The van der Waals surface area contributed by atoms with Crippen molar-refractivity contribution in [3.05, 3.63) is 0 Å². The van der Waals surface area contributed by atoms with Crippen molar-refractivity contribution in [3.63, 3.8) is 0 Å². The fourth-order valence-electron chi connectivity index (χ4n) is 1.23. The van der Waals surface area contributed by atoms with Gasteiger partial charge in [-0.3, -0.25) is 0 Å². The van der Waals surface area contributed by atoms with Gasteiger partial charge in [-0.25, -0.2) is 9.18 Å². The molecule has 0 radical (unpaired) electrons. The Morgan fingerprint density at radius 3 is 2.40 bits per heavy atom. The van der Waals surface area contributed by atoms with Gasteiger partial charge in [-0.15, -0.1) is 0 Å². The number of hydrogen-bond donors (Lipinski definition) is 0. The topological polar surface area (TPSA) is 29.4 Å². The molecule has 3 heteroatoms. The zero-order chi connectivity index (χ0) is 7.61. The van der Waals surface area contributed by atoms with E-state index < -0.39 is 11.7 Å². The van der Waals surface area contributed by atoms with Gasteiger partial charge in [0.1, 0.15) is 11.7 Å². The highest BCUT2D eigenvalue weighted by atomic mass is 19.1. The highest BCUT2D eigenvalue weighted by Gasteiger charge is 2.42. The molecule has 0 heterocycles. The molecule has 1 aliphatic rings. The van der Waals surface area contributed by atoms with E-state index in [9.17, 15) is 9.18 Å². The first-order valence-electron chi connectivity index (χ1n) is 3.44. The first-order valence-corrected chi connectivity index (χ1v) is 3.44. The zero-order valence-electron chi connectivity index (χ0n) is 5.93. The Labute approximate surface area is 59.1 Å². The minimum Gasteiger partial charge on any atom is -0.245 e. The number of carbonyl (C=O) groups excluding carboxylic acids is 1. The average Bonchev–Trinajstić information content (AvgIpc) is 1.77. The second-order valence-corrected chi connectivity index (χ2v) is 2.78. The number of rotatable bonds is 2. The van der Waals surface area contributed by atoms with Crippen LogP contribution in [0, 0.1) is 0 Å². The summed E-state index contributed by atoms with van der Waals surface area (Å²) < 4.78 is 12.7. The molecular weight excluding hydrogens is 133 g/mol. The van der Waals surface area contributed by atoms with Crippen LogP contribution < -0.4 is 0 Å². The molecular formula is C7H10FNO. The van der Waals surface area contributed by atoms with Crippen molar-refractivity contribution in [1.82, 2.24) is 0 Å². The van der Waals surface area contributed by atoms with Gasteiger partial charge in [0.15, 0.2) is 0 Å². The quantitative estimate of drug-likeness (QED) is 0.426. The minimum absolute atomic E-state index is 0.693. The van der Waals surface area contributed by atoms with Crippen LogP contribution in [-0.2, 0) is 4.79 Å². The standard InChI is InChI=1S/C7H10FNO/c1-6(8)7(9-5-10)3-2-4-7/h6H,2-4H2,1H3. The van der Waals surface area contributed by atoms with Gasteiger partial charge in [0.2, 0.25) is 6.08 Å². The molecule has 0 bridgehead atoms. The van der Waals surface area contributed by atoms with Crippen LogP contribution in [0.1, 0.15) is 26.2 Å². The maximum absolute atomic E-state index is 12.7. The van der Waals surface area contributed by atoms with E-state index in [1.54, 1.807) is 0 Å². The Morgan fingerprint density at radius 2 is 2.30 bits per heavy atom. The number of isocyanates is 1. The first-order chi connectivity index (χ1) is 4.71. The van der Waals surface area contributed by atoms with E-state index in [4.69, 9.17) is 0 Å². The van der Waals surface area contributed by atoms with E-state index in [2.05, 4.69) is 4.99 Å². The predicted octanol–water partition coefficient (Wildman–Crippen LogP) is 1.60. The van der Waals surface area contributed by atoms with Gasteiger partial charge < -0.3 is 0 Å². The summed E-state index contributed by atoms with van der Waals surface area (Å²) in [6.45, 7) is 1.44. The van der Waals surface area contributed by atoms with E-state index in [1.807, 2.05) is 0 Å². The molecule has 0 spiro atoms. The molecule has 0 aromatic carbocycles. The summed E-state index contributed by atoms with van der Waals surface area (Å²) in [4.78, 5) is 13.3. The number of halogens is 1. The molecule has 0 amide bonds. The molecule has 56 valence electrons. The van der Waals surface area contributed by atoms with E-state index in [0.29, 0.717) is 12.8 Å². The second-order valence-electron chi connectivity index (χ2n) is 2.78. The van der Waals surface area contributed by atoms with Gasteiger partial charge in [-0.05, 0) is 26.2 Å². The number of nitrogens with zero attached hydrogens (tertiary/aromatic N) is 1. The van der Waals surface area contributed by atoms with Crippen molar-refractivity contribution in [2.45, 2.75) is 37.9 Å². The van der Waals surface area contributed by atoms with E-state index in [0.717, 1.165) is 6.42 Å². The summed E-state index contributed by atoms with van der Waals surface area (Å²) in [5, 5.41) is 0. The second kappa shape index (κ2) is 2.51. The first kappa shape index (κ1) is 7.42. The Hall–Kier alpha value is -0.690. The van der Waals surface area contributed by atoms with Gasteiger partial charge >= 0.3 is 0 Å². The smallest absolute Gasteiger partial charge is 0.235 e. The summed E-state index contributed by atoms with van der Waals surface area (Å²) in [6.07, 6.45) is 2.78. The number of alkyl halides is 1. The van der Waals surface area contributed by atoms with Gasteiger partial charge in [0, 0.05) is 0 Å². The largest absolute Gasteiger partial charge is 0.245 e. The third-order valence-corrected chi connectivity index (χ3v) is 2.23. The summed E-state index contributed by atoms with van der Waals surface area (Å²) in [6, 6.07) is 0. The average molecular weight is 143 g/mol. The lowest BCUT2D eigenvalue weighted by Gasteiger charge is -2.37. The van der Waals surface area contributed by atoms with Crippen molar-refractivity contribution in [3.8, 4) is 0 Å². The zero-order valence-corrected chi connectivity index (χ0v) is 5.93. The molecule has 2 nitrogen and oxygen atoms in total. The van der Waals surface area contributed by atoms with Crippen LogP contribution in [0.3, 0.4) is 0 Å². The molecule has 1 atom stereocenters. The van der Waals surface area contributed by atoms with Gasteiger partial charge in [-0.2, -0.15) is 4.99 Å². The fourth-order valence-corrected chi connectivity index (χ4v) is 1.23. The summed E-state index contributed by atoms with van der Waals surface area (Å²) in [5.74, 6) is 0. The molecule has 0 aliphatic heterocycles. The van der Waals surface area contributed by atoms with Crippen LogP contribution in [0.2, 0.25) is 0 Å². The lowest BCUT2D eigenvalue weighted by atomic mass is 9.74. The predicted molar refractivity (Wildman–Crippen MR) is 35.3 cm³/mol. The van der Waals surface area contributed by atoms with Crippen LogP contribution in [0.25, 0.3) is 0 Å².